The van der Waals surface area contributed by atoms with Gasteiger partial charge < -0.3 is 16.0 Å². The number of hydrogen-bond donors (Lipinski definition) is 3. The molecule has 4 aromatic carbocycles. The van der Waals surface area contributed by atoms with Gasteiger partial charge in [0.25, 0.3) is 11.8 Å². The van der Waals surface area contributed by atoms with E-state index < -0.39 is 22.9 Å². The van der Waals surface area contributed by atoms with Gasteiger partial charge >= 0.3 is 0 Å². The molecule has 3 amide bonds. The molecule has 0 aromatic heterocycles. The number of para-hydroxylation sites is 1. The minimum Gasteiger partial charge on any atom is -0.323 e. The van der Waals surface area contributed by atoms with Gasteiger partial charge in [0.05, 0.1) is 10.9 Å². The van der Waals surface area contributed by atoms with E-state index in [1.54, 1.807) is 73.7 Å². The second-order valence-electron chi connectivity index (χ2n) is 8.50. The van der Waals surface area contributed by atoms with Gasteiger partial charge in [-0.1, -0.05) is 66.7 Å². The van der Waals surface area contributed by atoms with Gasteiger partial charge in [0.1, 0.15) is 11.5 Å². The van der Waals surface area contributed by atoms with Crippen LogP contribution in [0, 0.1) is 5.82 Å². The van der Waals surface area contributed by atoms with Crippen LogP contribution in [0.5, 0.6) is 0 Å². The number of rotatable bonds is 9. The Morgan fingerprint density at radius 2 is 1.46 bits per heavy atom. The molecular formula is C31H26FN3O3S. The van der Waals surface area contributed by atoms with Gasteiger partial charge in [-0.05, 0) is 61.0 Å². The van der Waals surface area contributed by atoms with Crippen molar-refractivity contribution in [3.8, 4) is 0 Å². The highest BCUT2D eigenvalue weighted by Gasteiger charge is 2.18. The van der Waals surface area contributed by atoms with E-state index >= 15 is 0 Å². The van der Waals surface area contributed by atoms with Crippen molar-refractivity contribution >= 4 is 46.9 Å². The van der Waals surface area contributed by atoms with Gasteiger partial charge in [-0.3, -0.25) is 14.4 Å². The van der Waals surface area contributed by atoms with Crippen molar-refractivity contribution in [2.75, 3.05) is 10.6 Å². The highest BCUT2D eigenvalue weighted by Crippen LogP contribution is 2.27. The summed E-state index contributed by atoms with van der Waals surface area (Å²) in [5.41, 5.74) is 1.84. The Balaban J connectivity index is 1.46. The fourth-order valence-electron chi connectivity index (χ4n) is 3.56. The van der Waals surface area contributed by atoms with Gasteiger partial charge in [-0.15, -0.1) is 11.8 Å². The predicted octanol–water partition coefficient (Wildman–Crippen LogP) is 6.35. The lowest BCUT2D eigenvalue weighted by molar-refractivity contribution is -0.115. The van der Waals surface area contributed by atoms with E-state index in [-0.39, 0.29) is 17.3 Å². The molecule has 4 aromatic rings. The predicted molar refractivity (Wildman–Crippen MR) is 154 cm³/mol. The number of carbonyl (C=O) groups excluding carboxylic acids is 3. The van der Waals surface area contributed by atoms with Crippen LogP contribution in [0.3, 0.4) is 0 Å². The Bertz CT molecular complexity index is 1490. The molecular weight excluding hydrogens is 513 g/mol. The first-order chi connectivity index (χ1) is 18.9. The van der Waals surface area contributed by atoms with Gasteiger partial charge in [-0.25, -0.2) is 4.39 Å². The fourth-order valence-corrected chi connectivity index (χ4v) is 4.48. The van der Waals surface area contributed by atoms with Crippen LogP contribution in [-0.4, -0.2) is 23.0 Å². The van der Waals surface area contributed by atoms with Gasteiger partial charge in [0.15, 0.2) is 0 Å². The molecule has 4 rings (SSSR count). The molecule has 0 aliphatic heterocycles. The molecule has 196 valence electrons. The lowest BCUT2D eigenvalue weighted by Gasteiger charge is -2.14. The van der Waals surface area contributed by atoms with E-state index in [1.807, 2.05) is 36.4 Å². The van der Waals surface area contributed by atoms with Crippen LogP contribution in [-0.2, 0) is 9.59 Å². The van der Waals surface area contributed by atoms with Crippen LogP contribution in [0.1, 0.15) is 22.8 Å². The van der Waals surface area contributed by atoms with Gasteiger partial charge in [-0.2, -0.15) is 0 Å². The highest BCUT2D eigenvalue weighted by atomic mass is 32.2. The van der Waals surface area contributed by atoms with Crippen molar-refractivity contribution in [3.63, 3.8) is 0 Å². The molecule has 39 heavy (non-hydrogen) atoms. The number of nitrogens with one attached hydrogen (secondary N) is 3. The number of anilines is 2. The van der Waals surface area contributed by atoms with E-state index in [2.05, 4.69) is 16.0 Å². The third-order valence-corrected chi connectivity index (χ3v) is 6.64. The summed E-state index contributed by atoms with van der Waals surface area (Å²) in [6, 6.07) is 30.8. The van der Waals surface area contributed by atoms with Crippen LogP contribution in [0.2, 0.25) is 0 Å². The van der Waals surface area contributed by atoms with Crippen molar-refractivity contribution in [1.82, 2.24) is 5.32 Å². The standard InChI is InChI=1S/C31H26FN3O3S/c1-21(29(36)34-27-18-9-8-17-26(27)32)39-25-16-10-15-24(20-25)33-31(38)28(19-22-11-4-2-5-12-22)35-30(37)23-13-6-3-7-14-23/h2-21H,1H3,(H,33,38)(H,34,36)(H,35,37)/b28-19-. The third-order valence-electron chi connectivity index (χ3n) is 5.55. The molecule has 3 N–H and O–H groups in total. The molecule has 0 spiro atoms. The van der Waals surface area contributed by atoms with Crippen molar-refractivity contribution in [1.29, 1.82) is 0 Å². The zero-order chi connectivity index (χ0) is 27.6. The van der Waals surface area contributed by atoms with E-state index in [4.69, 9.17) is 0 Å². The van der Waals surface area contributed by atoms with Gasteiger partial charge in [0.2, 0.25) is 5.91 Å². The summed E-state index contributed by atoms with van der Waals surface area (Å²) >= 11 is 1.27. The Kier molecular flexibility index (Phi) is 9.26. The molecule has 0 radical (unpaired) electrons. The van der Waals surface area contributed by atoms with Crippen LogP contribution < -0.4 is 16.0 Å². The molecule has 0 saturated heterocycles. The van der Waals surface area contributed by atoms with Crippen LogP contribution >= 0.6 is 11.8 Å². The number of halogens is 1. The summed E-state index contributed by atoms with van der Waals surface area (Å²) in [7, 11) is 0. The fraction of sp³-hybridized carbons (Fsp3) is 0.0645. The Morgan fingerprint density at radius 1 is 0.795 bits per heavy atom. The largest absolute Gasteiger partial charge is 0.323 e. The summed E-state index contributed by atoms with van der Waals surface area (Å²) in [5, 5.41) is 7.60. The smallest absolute Gasteiger partial charge is 0.272 e. The SMILES string of the molecule is CC(Sc1cccc(NC(=O)/C(=C/c2ccccc2)NC(=O)c2ccccc2)c1)C(=O)Nc1ccccc1F. The number of hydrogen-bond acceptors (Lipinski definition) is 4. The van der Waals surface area contributed by atoms with Crippen LogP contribution in [0.4, 0.5) is 15.8 Å². The maximum atomic E-state index is 13.9. The van der Waals surface area contributed by atoms with Crippen molar-refractivity contribution in [2.45, 2.75) is 17.1 Å². The number of amides is 3. The highest BCUT2D eigenvalue weighted by molar-refractivity contribution is 8.00. The summed E-state index contributed by atoms with van der Waals surface area (Å²) < 4.78 is 13.9. The molecule has 0 bridgehead atoms. The Morgan fingerprint density at radius 3 is 2.18 bits per heavy atom. The van der Waals surface area contributed by atoms with Crippen molar-refractivity contribution < 1.29 is 18.8 Å². The maximum absolute atomic E-state index is 13.9. The lowest BCUT2D eigenvalue weighted by atomic mass is 10.1. The summed E-state index contributed by atoms with van der Waals surface area (Å²) in [4.78, 5) is 39.4. The molecule has 1 atom stereocenters. The maximum Gasteiger partial charge on any atom is 0.272 e. The van der Waals surface area contributed by atoms with Crippen molar-refractivity contribution in [2.24, 2.45) is 0 Å². The second-order valence-corrected chi connectivity index (χ2v) is 9.91. The van der Waals surface area contributed by atoms with E-state index in [0.29, 0.717) is 11.3 Å². The van der Waals surface area contributed by atoms with E-state index in [9.17, 15) is 18.8 Å². The van der Waals surface area contributed by atoms with E-state index in [0.717, 1.165) is 10.5 Å². The molecule has 0 saturated carbocycles. The average molecular weight is 540 g/mol. The van der Waals surface area contributed by atoms with Crippen LogP contribution in [0.15, 0.2) is 120 Å². The first-order valence-electron chi connectivity index (χ1n) is 12.2. The summed E-state index contributed by atoms with van der Waals surface area (Å²) in [5.74, 6) is -1.77. The topological polar surface area (TPSA) is 87.3 Å². The average Bonchev–Trinajstić information content (AvgIpc) is 2.95. The Hall–Kier alpha value is -4.69. The lowest BCUT2D eigenvalue weighted by Crippen LogP contribution is -2.30. The van der Waals surface area contributed by atoms with E-state index in [1.165, 1.54) is 23.9 Å². The second kappa shape index (κ2) is 13.2. The quantitative estimate of drug-likeness (QED) is 0.171. The minimum absolute atomic E-state index is 0.0748. The molecule has 0 aliphatic rings. The van der Waals surface area contributed by atoms with Gasteiger partial charge in [0, 0.05) is 16.1 Å². The first kappa shape index (κ1) is 27.3. The van der Waals surface area contributed by atoms with Crippen LogP contribution in [0.25, 0.3) is 6.08 Å². The summed E-state index contributed by atoms with van der Waals surface area (Å²) in [6.07, 6.45) is 1.60. The monoisotopic (exact) mass is 539 g/mol. The molecule has 0 heterocycles. The number of carbonyl (C=O) groups is 3. The molecule has 1 unspecified atom stereocenters. The molecule has 6 nitrogen and oxygen atoms in total. The van der Waals surface area contributed by atoms with Crippen molar-refractivity contribution in [3.05, 3.63) is 132 Å². The normalized spacial score (nSPS) is 11.8. The Labute approximate surface area is 230 Å². The number of thioether (sulfide) groups is 1. The summed E-state index contributed by atoms with van der Waals surface area (Å²) in [6.45, 7) is 1.71. The molecule has 0 fully saturated rings. The number of benzene rings is 4. The minimum atomic E-state index is -0.533. The first-order valence-corrected chi connectivity index (χ1v) is 13.0. The third kappa shape index (κ3) is 7.90. The zero-order valence-corrected chi connectivity index (χ0v) is 21.9. The zero-order valence-electron chi connectivity index (χ0n) is 21.1. The molecule has 0 aliphatic carbocycles. The molecule has 8 heteroatoms.